The van der Waals surface area contributed by atoms with Gasteiger partial charge in [-0.05, 0) is 23.9 Å². The van der Waals surface area contributed by atoms with Crippen molar-refractivity contribution in [3.63, 3.8) is 0 Å². The predicted molar refractivity (Wildman–Crippen MR) is 84.4 cm³/mol. The fourth-order valence-corrected chi connectivity index (χ4v) is 2.75. The van der Waals surface area contributed by atoms with Gasteiger partial charge in [0.2, 0.25) is 0 Å². The van der Waals surface area contributed by atoms with Crippen LogP contribution in [0.5, 0.6) is 0 Å². The van der Waals surface area contributed by atoms with Crippen LogP contribution in [-0.4, -0.2) is 22.6 Å². The molecule has 0 spiro atoms. The molecular formula is C16H15N3OS. The molecule has 0 saturated carbocycles. The number of rotatable bonds is 5. The number of aromatic nitrogens is 2. The second-order valence-corrected chi connectivity index (χ2v) is 5.65. The first-order valence-electron chi connectivity index (χ1n) is 6.74. The molecule has 2 N–H and O–H groups in total. The molecule has 0 radical (unpaired) electrons. The summed E-state index contributed by atoms with van der Waals surface area (Å²) in [5, 5.41) is 11.9. The van der Waals surface area contributed by atoms with Crippen LogP contribution in [0, 0.1) is 0 Å². The smallest absolute Gasteiger partial charge is 0.269 e. The minimum atomic E-state index is -0.124. The maximum atomic E-state index is 12.0. The fraction of sp³-hybridized carbons (Fsp3) is 0.125. The van der Waals surface area contributed by atoms with E-state index in [4.69, 9.17) is 0 Å². The Hall–Kier alpha value is -2.40. The molecular weight excluding hydrogens is 282 g/mol. The summed E-state index contributed by atoms with van der Waals surface area (Å²) >= 11 is 1.70. The van der Waals surface area contributed by atoms with E-state index in [1.807, 2.05) is 41.8 Å². The third-order valence-electron chi connectivity index (χ3n) is 3.13. The summed E-state index contributed by atoms with van der Waals surface area (Å²) < 4.78 is 0. The number of carbonyl (C=O) groups excluding carboxylic acids is 1. The van der Waals surface area contributed by atoms with E-state index >= 15 is 0 Å². The van der Waals surface area contributed by atoms with Crippen LogP contribution in [-0.2, 0) is 6.42 Å². The molecule has 0 aliphatic heterocycles. The van der Waals surface area contributed by atoms with Gasteiger partial charge in [-0.2, -0.15) is 5.10 Å². The second-order valence-electron chi connectivity index (χ2n) is 4.62. The molecule has 5 heteroatoms. The van der Waals surface area contributed by atoms with Gasteiger partial charge < -0.3 is 5.32 Å². The zero-order valence-corrected chi connectivity index (χ0v) is 12.2. The Bertz CT molecular complexity index is 704. The van der Waals surface area contributed by atoms with Crippen molar-refractivity contribution in [2.75, 3.05) is 6.54 Å². The first-order valence-corrected chi connectivity index (χ1v) is 7.62. The molecule has 0 unspecified atom stereocenters. The Labute approximate surface area is 126 Å². The van der Waals surface area contributed by atoms with Crippen LogP contribution < -0.4 is 5.32 Å². The average molecular weight is 297 g/mol. The number of nitrogens with one attached hydrogen (secondary N) is 2. The molecule has 4 nitrogen and oxygen atoms in total. The van der Waals surface area contributed by atoms with E-state index in [-0.39, 0.29) is 5.91 Å². The minimum absolute atomic E-state index is 0.124. The molecule has 0 saturated heterocycles. The van der Waals surface area contributed by atoms with Gasteiger partial charge in [0, 0.05) is 17.0 Å². The molecule has 21 heavy (non-hydrogen) atoms. The largest absolute Gasteiger partial charge is 0.350 e. The van der Waals surface area contributed by atoms with Crippen LogP contribution in [0.1, 0.15) is 15.4 Å². The van der Waals surface area contributed by atoms with E-state index in [1.54, 1.807) is 17.4 Å². The molecule has 0 bridgehead atoms. The van der Waals surface area contributed by atoms with E-state index in [2.05, 4.69) is 21.6 Å². The van der Waals surface area contributed by atoms with Crippen molar-refractivity contribution in [3.8, 4) is 11.3 Å². The maximum absolute atomic E-state index is 12.0. The van der Waals surface area contributed by atoms with E-state index in [0.717, 1.165) is 17.7 Å². The first-order chi connectivity index (χ1) is 10.3. The predicted octanol–water partition coefficient (Wildman–Crippen LogP) is 3.11. The quantitative estimate of drug-likeness (QED) is 0.760. The van der Waals surface area contributed by atoms with E-state index in [0.29, 0.717) is 12.2 Å². The number of H-pyrrole nitrogens is 1. The Kier molecular flexibility index (Phi) is 4.12. The molecule has 3 rings (SSSR count). The van der Waals surface area contributed by atoms with Crippen LogP contribution in [0.3, 0.4) is 0 Å². The van der Waals surface area contributed by atoms with Gasteiger partial charge >= 0.3 is 0 Å². The molecule has 2 heterocycles. The van der Waals surface area contributed by atoms with Crippen LogP contribution in [0.4, 0.5) is 0 Å². The highest BCUT2D eigenvalue weighted by molar-refractivity contribution is 7.09. The summed E-state index contributed by atoms with van der Waals surface area (Å²) in [7, 11) is 0. The lowest BCUT2D eigenvalue weighted by Crippen LogP contribution is -2.25. The number of carbonyl (C=O) groups is 1. The molecule has 2 aromatic heterocycles. The Morgan fingerprint density at radius 1 is 1.19 bits per heavy atom. The molecule has 1 aromatic carbocycles. The highest BCUT2D eigenvalue weighted by Crippen LogP contribution is 2.16. The lowest BCUT2D eigenvalue weighted by atomic mass is 10.1. The van der Waals surface area contributed by atoms with Crippen molar-refractivity contribution < 1.29 is 4.79 Å². The molecule has 0 aliphatic carbocycles. The van der Waals surface area contributed by atoms with Crippen molar-refractivity contribution in [1.29, 1.82) is 0 Å². The molecule has 1 amide bonds. The molecule has 106 valence electrons. The molecule has 3 aromatic rings. The van der Waals surface area contributed by atoms with Crippen molar-refractivity contribution >= 4 is 17.2 Å². The fourth-order valence-electron chi connectivity index (χ4n) is 2.04. The van der Waals surface area contributed by atoms with Gasteiger partial charge in [-0.15, -0.1) is 11.3 Å². The van der Waals surface area contributed by atoms with Crippen LogP contribution in [0.2, 0.25) is 0 Å². The molecule has 0 fully saturated rings. The van der Waals surface area contributed by atoms with Crippen molar-refractivity contribution in [2.24, 2.45) is 0 Å². The Morgan fingerprint density at radius 3 is 2.81 bits per heavy atom. The maximum Gasteiger partial charge on any atom is 0.269 e. The van der Waals surface area contributed by atoms with Gasteiger partial charge in [-0.25, -0.2) is 0 Å². The van der Waals surface area contributed by atoms with Crippen molar-refractivity contribution in [2.45, 2.75) is 6.42 Å². The molecule has 0 aliphatic rings. The topological polar surface area (TPSA) is 57.8 Å². The minimum Gasteiger partial charge on any atom is -0.350 e. The van der Waals surface area contributed by atoms with Crippen LogP contribution >= 0.6 is 11.3 Å². The highest BCUT2D eigenvalue weighted by Gasteiger charge is 2.10. The number of amides is 1. The summed E-state index contributed by atoms with van der Waals surface area (Å²) in [5.74, 6) is -0.124. The third kappa shape index (κ3) is 3.38. The van der Waals surface area contributed by atoms with Gasteiger partial charge in [0.05, 0.1) is 5.69 Å². The average Bonchev–Trinajstić information content (AvgIpc) is 3.20. The summed E-state index contributed by atoms with van der Waals surface area (Å²) in [6, 6.07) is 15.6. The van der Waals surface area contributed by atoms with Gasteiger partial charge in [0.15, 0.2) is 0 Å². The van der Waals surface area contributed by atoms with Gasteiger partial charge in [-0.3, -0.25) is 9.89 Å². The summed E-state index contributed by atoms with van der Waals surface area (Å²) in [4.78, 5) is 13.3. The zero-order valence-electron chi connectivity index (χ0n) is 11.4. The number of nitrogens with zero attached hydrogens (tertiary/aromatic N) is 1. The third-order valence-corrected chi connectivity index (χ3v) is 4.07. The summed E-state index contributed by atoms with van der Waals surface area (Å²) in [6.45, 7) is 0.624. The van der Waals surface area contributed by atoms with Gasteiger partial charge in [-0.1, -0.05) is 36.4 Å². The Morgan fingerprint density at radius 2 is 2.05 bits per heavy atom. The van der Waals surface area contributed by atoms with Crippen LogP contribution in [0.25, 0.3) is 11.3 Å². The Balaban J connectivity index is 1.59. The number of hydrogen-bond acceptors (Lipinski definition) is 3. The van der Waals surface area contributed by atoms with E-state index < -0.39 is 0 Å². The number of benzene rings is 1. The van der Waals surface area contributed by atoms with Gasteiger partial charge in [0.25, 0.3) is 5.91 Å². The molecule has 0 atom stereocenters. The van der Waals surface area contributed by atoms with E-state index in [1.165, 1.54) is 4.88 Å². The van der Waals surface area contributed by atoms with Crippen LogP contribution in [0.15, 0.2) is 53.9 Å². The first kappa shape index (κ1) is 13.6. The highest BCUT2D eigenvalue weighted by atomic mass is 32.1. The standard InChI is InChI=1S/C16H15N3OS/c20-16(17-9-8-13-7-4-10-21-13)15-11-14(18-19-15)12-5-2-1-3-6-12/h1-7,10-11H,8-9H2,(H,17,20)(H,18,19). The summed E-state index contributed by atoms with van der Waals surface area (Å²) in [5.41, 5.74) is 2.26. The summed E-state index contributed by atoms with van der Waals surface area (Å²) in [6.07, 6.45) is 0.850. The zero-order chi connectivity index (χ0) is 14.5. The lowest BCUT2D eigenvalue weighted by Gasteiger charge is -2.01. The number of thiophene rings is 1. The lowest BCUT2D eigenvalue weighted by molar-refractivity contribution is 0.0949. The SMILES string of the molecule is O=C(NCCc1cccs1)c1cc(-c2ccccc2)n[nH]1. The second kappa shape index (κ2) is 6.37. The van der Waals surface area contributed by atoms with E-state index in [9.17, 15) is 4.79 Å². The van der Waals surface area contributed by atoms with Crippen molar-refractivity contribution in [3.05, 3.63) is 64.5 Å². The monoisotopic (exact) mass is 297 g/mol. The normalized spacial score (nSPS) is 10.5. The van der Waals surface area contributed by atoms with Gasteiger partial charge in [0.1, 0.15) is 5.69 Å². The number of hydrogen-bond donors (Lipinski definition) is 2. The number of aromatic amines is 1. The van der Waals surface area contributed by atoms with Crippen molar-refractivity contribution in [1.82, 2.24) is 15.5 Å².